The molecule has 0 spiro atoms. The van der Waals surface area contributed by atoms with Gasteiger partial charge in [0.15, 0.2) is 0 Å². The summed E-state index contributed by atoms with van der Waals surface area (Å²) < 4.78 is 0. The predicted octanol–water partition coefficient (Wildman–Crippen LogP) is 9.38. The highest BCUT2D eigenvalue weighted by molar-refractivity contribution is 6.91. The molecule has 4 heteroatoms. The summed E-state index contributed by atoms with van der Waals surface area (Å²) in [7, 11) is 0. The maximum Gasteiger partial charge on any atom is 0.328 e. The first kappa shape index (κ1) is 29.0. The summed E-state index contributed by atoms with van der Waals surface area (Å²) in [4.78, 5) is 11.9. The fourth-order valence-corrected chi connectivity index (χ4v) is 8.59. The lowest BCUT2D eigenvalue weighted by molar-refractivity contribution is 0.747. The third-order valence-electron chi connectivity index (χ3n) is 10.9. The molecular weight excluding hydrogens is 605 g/mol. The van der Waals surface area contributed by atoms with E-state index < -0.39 is 0 Å². The molecule has 0 bridgehead atoms. The Labute approximate surface area is 293 Å². The van der Waals surface area contributed by atoms with Gasteiger partial charge >= 0.3 is 6.85 Å². The minimum atomic E-state index is 0.119. The minimum absolute atomic E-state index is 0.119. The Hall–Kier alpha value is -6.00. The van der Waals surface area contributed by atoms with Gasteiger partial charge in [0.1, 0.15) is 0 Å². The van der Waals surface area contributed by atoms with E-state index in [1.165, 1.54) is 61.3 Å². The highest BCUT2D eigenvalue weighted by atomic mass is 15.1. The van der Waals surface area contributed by atoms with E-state index >= 15 is 0 Å². The number of anilines is 1. The number of nitrogens with zero attached hydrogens (tertiary/aromatic N) is 3. The summed E-state index contributed by atoms with van der Waals surface area (Å²) in [5.74, 6) is 0.564. The van der Waals surface area contributed by atoms with Crippen molar-refractivity contribution in [1.29, 1.82) is 0 Å². The topological polar surface area (TPSA) is 29.0 Å². The molecule has 50 heavy (non-hydrogen) atoms. The van der Waals surface area contributed by atoms with Crippen LogP contribution in [0.2, 0.25) is 0 Å². The van der Waals surface area contributed by atoms with Crippen LogP contribution in [0.1, 0.15) is 35.9 Å². The summed E-state index contributed by atoms with van der Waals surface area (Å²) in [5.41, 5.74) is 17.8. The molecule has 2 unspecified atom stereocenters. The lowest BCUT2D eigenvalue weighted by Crippen LogP contribution is -2.63. The van der Waals surface area contributed by atoms with E-state index in [-0.39, 0.29) is 12.8 Å². The van der Waals surface area contributed by atoms with Crippen molar-refractivity contribution < 1.29 is 0 Å². The third kappa shape index (κ3) is 4.74. The summed E-state index contributed by atoms with van der Waals surface area (Å²) >= 11 is 0. The summed E-state index contributed by atoms with van der Waals surface area (Å²) in [6.45, 7) is 0.119. The van der Waals surface area contributed by atoms with E-state index in [1.807, 2.05) is 30.6 Å². The van der Waals surface area contributed by atoms with E-state index in [9.17, 15) is 0 Å². The van der Waals surface area contributed by atoms with Crippen molar-refractivity contribution in [2.75, 3.05) is 4.81 Å². The second kappa shape index (κ2) is 11.9. The molecule has 0 saturated carbocycles. The van der Waals surface area contributed by atoms with Gasteiger partial charge in [0.05, 0.1) is 5.69 Å². The molecule has 2 aromatic heterocycles. The molecule has 3 nitrogen and oxygen atoms in total. The van der Waals surface area contributed by atoms with Gasteiger partial charge in [-0.3, -0.25) is 9.97 Å². The summed E-state index contributed by atoms with van der Waals surface area (Å²) in [6, 6.07) is 46.3. The van der Waals surface area contributed by atoms with Crippen LogP contribution in [0.25, 0.3) is 33.5 Å². The second-order valence-corrected chi connectivity index (χ2v) is 13.7. The molecule has 4 aliphatic rings. The van der Waals surface area contributed by atoms with Crippen LogP contribution in [0.4, 0.5) is 5.69 Å². The number of aromatic nitrogens is 2. The number of pyridine rings is 2. The highest BCUT2D eigenvalue weighted by Gasteiger charge is 2.45. The molecule has 6 aromatic rings. The van der Waals surface area contributed by atoms with Gasteiger partial charge < -0.3 is 4.81 Å². The van der Waals surface area contributed by atoms with Crippen LogP contribution >= 0.6 is 0 Å². The van der Waals surface area contributed by atoms with E-state index in [4.69, 9.17) is 0 Å². The molecule has 0 amide bonds. The van der Waals surface area contributed by atoms with Crippen molar-refractivity contribution >= 4 is 23.5 Å². The number of rotatable bonds is 4. The lowest BCUT2D eigenvalue weighted by atomic mass is 9.42. The first-order valence-electron chi connectivity index (χ1n) is 17.6. The van der Waals surface area contributed by atoms with Crippen LogP contribution in [0.5, 0.6) is 0 Å². The maximum atomic E-state index is 4.69. The molecule has 4 aromatic carbocycles. The third-order valence-corrected chi connectivity index (χ3v) is 10.9. The first-order valence-corrected chi connectivity index (χ1v) is 17.6. The van der Waals surface area contributed by atoms with E-state index in [0.29, 0.717) is 5.92 Å². The van der Waals surface area contributed by atoms with Gasteiger partial charge in [0.25, 0.3) is 0 Å². The number of hydrogen-bond donors (Lipinski definition) is 0. The van der Waals surface area contributed by atoms with Gasteiger partial charge in [-0.05, 0) is 106 Å². The van der Waals surface area contributed by atoms with Crippen LogP contribution in [0.15, 0.2) is 187 Å². The Balaban J connectivity index is 1.10. The van der Waals surface area contributed by atoms with E-state index in [1.54, 1.807) is 0 Å². The number of benzene rings is 4. The fraction of sp³-hybridized carbons (Fsp3) is 0.0870. The van der Waals surface area contributed by atoms with Gasteiger partial charge in [0, 0.05) is 52.4 Å². The van der Waals surface area contributed by atoms with Crippen LogP contribution in [-0.4, -0.2) is 16.8 Å². The van der Waals surface area contributed by atoms with Gasteiger partial charge in [-0.15, -0.1) is 0 Å². The molecule has 2 aliphatic carbocycles. The number of hydrogen-bond acceptors (Lipinski definition) is 3. The monoisotopic (exact) mass is 639 g/mol. The Bertz CT molecular complexity index is 2410. The molecule has 0 radical (unpaired) electrons. The zero-order valence-corrected chi connectivity index (χ0v) is 27.7. The zero-order chi connectivity index (χ0) is 33.0. The largest absolute Gasteiger partial charge is 0.379 e. The molecule has 10 rings (SSSR count). The van der Waals surface area contributed by atoms with Crippen molar-refractivity contribution in [3.05, 3.63) is 198 Å². The molecular formula is C46H34BN3. The Morgan fingerprint density at radius 3 is 2.32 bits per heavy atom. The standard InChI is InChI=1S/C46H34BN3/c1-3-17-41-37(15-1)39-29-33(31-11-9-13-35(27-31)43-19-5-7-25-48-43)21-23-45(39)50-46-24-22-34(30-40(46)38-16-2-4-18-42(38)47(41)50)32-12-10-14-36(28-32)44-20-6-8-26-49-44/h1-13,15-29,36,40H,14,30H2. The first-order chi connectivity index (χ1) is 24.8. The van der Waals surface area contributed by atoms with Crippen LogP contribution in [0, 0.1) is 0 Å². The molecule has 0 fully saturated rings. The van der Waals surface area contributed by atoms with Crippen molar-refractivity contribution in [1.82, 2.24) is 9.97 Å². The van der Waals surface area contributed by atoms with Crippen LogP contribution in [-0.2, 0) is 0 Å². The van der Waals surface area contributed by atoms with Gasteiger partial charge in [-0.2, -0.15) is 0 Å². The molecule has 2 aliphatic heterocycles. The smallest absolute Gasteiger partial charge is 0.328 e. The maximum absolute atomic E-state index is 4.69. The molecule has 0 N–H and O–H groups in total. The van der Waals surface area contributed by atoms with Crippen molar-refractivity contribution in [2.45, 2.75) is 24.7 Å². The second-order valence-electron chi connectivity index (χ2n) is 13.7. The highest BCUT2D eigenvalue weighted by Crippen LogP contribution is 2.48. The number of allylic oxidation sites excluding steroid dienone is 8. The fourth-order valence-electron chi connectivity index (χ4n) is 8.59. The van der Waals surface area contributed by atoms with Gasteiger partial charge in [0.2, 0.25) is 0 Å². The Morgan fingerprint density at radius 2 is 1.44 bits per heavy atom. The van der Waals surface area contributed by atoms with Crippen molar-refractivity contribution in [3.63, 3.8) is 0 Å². The quantitative estimate of drug-likeness (QED) is 0.180. The zero-order valence-electron chi connectivity index (χ0n) is 27.7. The number of fused-ring (bicyclic) bond motifs is 11. The molecule has 0 saturated heterocycles. The predicted molar refractivity (Wildman–Crippen MR) is 207 cm³/mol. The summed E-state index contributed by atoms with van der Waals surface area (Å²) in [6.07, 6.45) is 17.6. The molecule has 236 valence electrons. The van der Waals surface area contributed by atoms with E-state index in [0.717, 1.165) is 29.8 Å². The SMILES string of the molecule is C1=CC(C2=CC=C3C(C2)c2ccccc2B2c4ccccc4-c4cc(-c5cccc(-c6ccccn6)c5)ccc4N23)=CC(c2ccccn2)C1. The lowest BCUT2D eigenvalue weighted by Gasteiger charge is -2.48. The molecule has 4 heterocycles. The van der Waals surface area contributed by atoms with E-state index in [2.05, 4.69) is 154 Å². The van der Waals surface area contributed by atoms with Gasteiger partial charge in [-0.25, -0.2) is 0 Å². The summed E-state index contributed by atoms with van der Waals surface area (Å²) in [5, 5.41) is 0. The van der Waals surface area contributed by atoms with Gasteiger partial charge in [-0.1, -0.05) is 109 Å². The van der Waals surface area contributed by atoms with Crippen LogP contribution < -0.4 is 15.7 Å². The normalized spacial score (nSPS) is 18.4. The average Bonchev–Trinajstić information content (AvgIpc) is 3.21. The molecule has 2 atom stereocenters. The Morgan fingerprint density at radius 1 is 0.640 bits per heavy atom. The van der Waals surface area contributed by atoms with Crippen molar-refractivity contribution in [2.24, 2.45) is 0 Å². The van der Waals surface area contributed by atoms with Crippen LogP contribution in [0.3, 0.4) is 0 Å². The van der Waals surface area contributed by atoms with Crippen molar-refractivity contribution in [3.8, 4) is 33.5 Å². The Kier molecular flexibility index (Phi) is 6.87. The average molecular weight is 640 g/mol. The minimum Gasteiger partial charge on any atom is -0.379 e.